The van der Waals surface area contributed by atoms with Crippen molar-refractivity contribution in [1.29, 1.82) is 0 Å². The van der Waals surface area contributed by atoms with Gasteiger partial charge in [0.1, 0.15) is 5.76 Å². The molecule has 4 rings (SSSR count). The highest BCUT2D eigenvalue weighted by molar-refractivity contribution is 8.76. The number of fused-ring (bicyclic) bond motifs is 2. The van der Waals surface area contributed by atoms with Gasteiger partial charge < -0.3 is 25.7 Å². The van der Waals surface area contributed by atoms with E-state index in [1.165, 1.54) is 51.9 Å². The van der Waals surface area contributed by atoms with Crippen molar-refractivity contribution < 1.29 is 42.0 Å². The van der Waals surface area contributed by atoms with Crippen molar-refractivity contribution in [2.45, 2.75) is 18.2 Å². The first kappa shape index (κ1) is 31.9. The lowest BCUT2D eigenvalue weighted by molar-refractivity contribution is -0.136. The Morgan fingerprint density at radius 2 is 1.74 bits per heavy atom. The molecule has 0 spiro atoms. The third-order valence-electron chi connectivity index (χ3n) is 6.50. The molecule has 6 N–H and O–H groups in total. The van der Waals surface area contributed by atoms with Gasteiger partial charge in [0.25, 0.3) is 16.0 Å². The number of carboxylic acid groups (broad SMARTS) is 2. The molecular weight excluding hydrogens is 619 g/mol. The molecule has 0 atom stereocenters. The fourth-order valence-electron chi connectivity index (χ4n) is 4.57. The van der Waals surface area contributed by atoms with Gasteiger partial charge in [-0.15, -0.1) is 0 Å². The van der Waals surface area contributed by atoms with Crippen LogP contribution in [0.15, 0.2) is 56.8 Å². The molecule has 2 aromatic rings. The van der Waals surface area contributed by atoms with Crippen LogP contribution in [-0.4, -0.2) is 66.1 Å². The molecule has 226 valence electrons. The average molecular weight is 646 g/mol. The maximum atomic E-state index is 13.1. The number of hydrogen-bond donors (Lipinski definition) is 5. The van der Waals surface area contributed by atoms with Gasteiger partial charge in [0, 0.05) is 52.7 Å². The van der Waals surface area contributed by atoms with Crippen LogP contribution in [0, 0.1) is 6.92 Å². The van der Waals surface area contributed by atoms with Gasteiger partial charge in [0.05, 0.1) is 23.0 Å². The Balaban J connectivity index is 1.89. The van der Waals surface area contributed by atoms with Gasteiger partial charge in [-0.05, 0) is 55.0 Å². The number of hydrogen-bond acceptors (Lipinski definition) is 10. The first-order valence-corrected chi connectivity index (χ1v) is 16.6. The van der Waals surface area contributed by atoms with Crippen molar-refractivity contribution in [1.82, 2.24) is 5.32 Å². The summed E-state index contributed by atoms with van der Waals surface area (Å²) in [6, 6.07) is 10.1. The molecule has 0 aromatic heterocycles. The molecule has 0 radical (unpaired) electrons. The zero-order valence-electron chi connectivity index (χ0n) is 22.9. The van der Waals surface area contributed by atoms with Crippen LogP contribution in [0.25, 0.3) is 33.4 Å². The molecule has 15 heteroatoms. The number of benzene rings is 3. The van der Waals surface area contributed by atoms with Crippen LogP contribution >= 0.6 is 21.6 Å². The van der Waals surface area contributed by atoms with Gasteiger partial charge in [-0.2, -0.15) is 8.42 Å². The molecule has 1 aliphatic carbocycles. The quantitative estimate of drug-likeness (QED) is 0.0512. The van der Waals surface area contributed by atoms with Crippen LogP contribution in [0.2, 0.25) is 0 Å². The van der Waals surface area contributed by atoms with E-state index in [0.29, 0.717) is 28.0 Å². The zero-order valence-corrected chi connectivity index (χ0v) is 25.4. The highest BCUT2D eigenvalue weighted by Gasteiger charge is 2.28. The summed E-state index contributed by atoms with van der Waals surface area (Å²) in [6.07, 6.45) is 0.0330. The van der Waals surface area contributed by atoms with Gasteiger partial charge in [-0.25, -0.2) is 4.79 Å². The minimum absolute atomic E-state index is 0.0330. The lowest BCUT2D eigenvalue weighted by atomic mass is 9.88. The SMILES string of the molecule is C/N=c1\ccc2c(-c3cc(C(=O)NCCSSCCC(=O)O)ccc3C(=O)O)c3ccc(N)c(S(=O)(=O)O)c3oc-2c1C. The number of nitrogens with one attached hydrogen (secondary N) is 1. The van der Waals surface area contributed by atoms with E-state index in [-0.39, 0.29) is 57.6 Å². The summed E-state index contributed by atoms with van der Waals surface area (Å²) in [5.74, 6) is -1.53. The number of aromatic carboxylic acids is 1. The van der Waals surface area contributed by atoms with Gasteiger partial charge in [-0.1, -0.05) is 21.6 Å². The second-order valence-corrected chi connectivity index (χ2v) is 13.3. The number of nitrogens with two attached hydrogens (primary N) is 1. The molecule has 0 saturated carbocycles. The molecule has 0 bridgehead atoms. The second kappa shape index (κ2) is 13.1. The molecular formula is C28H27N3O9S3. The molecule has 12 nitrogen and oxygen atoms in total. The molecule has 1 amide bonds. The topological polar surface area (TPSA) is 210 Å². The van der Waals surface area contributed by atoms with E-state index in [4.69, 9.17) is 15.3 Å². The summed E-state index contributed by atoms with van der Waals surface area (Å²) in [7, 11) is -0.527. The third kappa shape index (κ3) is 6.80. The summed E-state index contributed by atoms with van der Waals surface area (Å²) in [5, 5.41) is 22.3. The Morgan fingerprint density at radius 1 is 1.02 bits per heavy atom. The number of carbonyl (C=O) groups is 3. The molecule has 2 aromatic carbocycles. The van der Waals surface area contributed by atoms with E-state index in [0.717, 1.165) is 0 Å². The van der Waals surface area contributed by atoms with Crippen molar-refractivity contribution in [2.75, 3.05) is 30.8 Å². The fraction of sp³-hybridized carbons (Fsp3) is 0.214. The molecule has 2 aliphatic rings. The van der Waals surface area contributed by atoms with Crippen molar-refractivity contribution in [3.05, 3.63) is 64.5 Å². The Hall–Kier alpha value is -4.05. The number of nitrogen functional groups attached to an aromatic ring is 1. The Bertz CT molecular complexity index is 1900. The normalized spacial score (nSPS) is 12.1. The molecule has 0 saturated heterocycles. The van der Waals surface area contributed by atoms with E-state index < -0.39 is 32.9 Å². The first-order chi connectivity index (χ1) is 20.3. The van der Waals surface area contributed by atoms with Crippen LogP contribution in [0.5, 0.6) is 0 Å². The smallest absolute Gasteiger partial charge is 0.336 e. The lowest BCUT2D eigenvalue weighted by Gasteiger charge is -2.20. The van der Waals surface area contributed by atoms with E-state index in [1.54, 1.807) is 26.1 Å². The Kier molecular flexibility index (Phi) is 9.69. The Morgan fingerprint density at radius 3 is 2.40 bits per heavy atom. The van der Waals surface area contributed by atoms with Crippen molar-refractivity contribution in [2.24, 2.45) is 4.99 Å². The minimum Gasteiger partial charge on any atom is -0.481 e. The summed E-state index contributed by atoms with van der Waals surface area (Å²) >= 11 is 0. The number of amides is 1. The van der Waals surface area contributed by atoms with E-state index in [2.05, 4.69) is 10.3 Å². The predicted octanol–water partition coefficient (Wildman–Crippen LogP) is 4.16. The summed E-state index contributed by atoms with van der Waals surface area (Å²) in [5.41, 5.74) is 6.67. The van der Waals surface area contributed by atoms with Gasteiger partial charge in [0.2, 0.25) is 0 Å². The van der Waals surface area contributed by atoms with Crippen LogP contribution in [0.3, 0.4) is 0 Å². The number of anilines is 1. The van der Waals surface area contributed by atoms with E-state index in [9.17, 15) is 32.5 Å². The largest absolute Gasteiger partial charge is 0.481 e. The maximum absolute atomic E-state index is 13.1. The number of rotatable bonds is 11. The number of carbonyl (C=O) groups excluding carboxylic acids is 1. The summed E-state index contributed by atoms with van der Waals surface area (Å²) in [6.45, 7) is 1.97. The van der Waals surface area contributed by atoms with Gasteiger partial charge in [0.15, 0.2) is 10.5 Å². The maximum Gasteiger partial charge on any atom is 0.336 e. The standard InChI is InChI=1S/C28H27N3O9S3/c1-14-21(30-2)8-6-17-23(18-5-7-20(29)26(43(37,38)39)25(18)40-24(14)17)19-13-15(3-4-16(19)28(35)36)27(34)31-10-12-42-41-11-9-22(32)33/h3-8,13H,9-12,29H2,1-2H3,(H,31,34)(H,32,33)(H,35,36)(H,37,38,39)/b30-21+. The van der Waals surface area contributed by atoms with Crippen LogP contribution in [0.4, 0.5) is 5.69 Å². The number of aliphatic carboxylic acids is 1. The molecule has 0 fully saturated rings. The minimum atomic E-state index is -4.88. The average Bonchev–Trinajstić information content (AvgIpc) is 2.94. The monoisotopic (exact) mass is 645 g/mol. The number of nitrogens with zero attached hydrogens (tertiary/aromatic N) is 1. The van der Waals surface area contributed by atoms with Gasteiger partial charge in [-0.3, -0.25) is 19.1 Å². The molecule has 1 aliphatic heterocycles. The molecule has 43 heavy (non-hydrogen) atoms. The highest BCUT2D eigenvalue weighted by atomic mass is 33.1. The second-order valence-electron chi connectivity index (χ2n) is 9.23. The first-order valence-electron chi connectivity index (χ1n) is 12.7. The van der Waals surface area contributed by atoms with Crippen LogP contribution < -0.4 is 16.4 Å². The Labute approximate surface area is 253 Å². The van der Waals surface area contributed by atoms with Gasteiger partial charge >= 0.3 is 11.9 Å². The van der Waals surface area contributed by atoms with Crippen molar-refractivity contribution >= 4 is 66.2 Å². The van der Waals surface area contributed by atoms with Crippen LogP contribution in [-0.2, 0) is 14.9 Å². The van der Waals surface area contributed by atoms with Crippen LogP contribution in [0.1, 0.15) is 32.7 Å². The van der Waals surface area contributed by atoms with Crippen molar-refractivity contribution in [3.8, 4) is 22.5 Å². The van der Waals surface area contributed by atoms with Crippen molar-refractivity contribution in [3.63, 3.8) is 0 Å². The predicted molar refractivity (Wildman–Crippen MR) is 165 cm³/mol. The summed E-state index contributed by atoms with van der Waals surface area (Å²) in [4.78, 5) is 39.6. The molecule has 0 unspecified atom stereocenters. The zero-order chi connectivity index (χ0) is 31.5. The highest BCUT2D eigenvalue weighted by Crippen LogP contribution is 2.45. The molecule has 1 heterocycles. The third-order valence-corrected chi connectivity index (χ3v) is 9.84. The van der Waals surface area contributed by atoms with E-state index >= 15 is 0 Å². The fourth-order valence-corrected chi connectivity index (χ4v) is 7.20. The summed E-state index contributed by atoms with van der Waals surface area (Å²) < 4.78 is 40.9. The number of carboxylic acids is 2. The van der Waals surface area contributed by atoms with E-state index in [1.807, 2.05) is 0 Å². The lowest BCUT2D eigenvalue weighted by Crippen LogP contribution is -2.25.